The second-order valence-corrected chi connectivity index (χ2v) is 7.24. The number of hydrogen-bond acceptors (Lipinski definition) is 3. The highest BCUT2D eigenvalue weighted by Crippen LogP contribution is 2.41. The van der Waals surface area contributed by atoms with Crippen molar-refractivity contribution >= 4 is 15.9 Å². The van der Waals surface area contributed by atoms with Crippen LogP contribution in [-0.2, 0) is 23.1 Å². The molecule has 0 spiro atoms. The SMILES string of the molecule is O=S1(=O)NCCN1c1cc2c(cc1O)CCC(C(F)(F)F)C2. The molecule has 1 aromatic rings. The van der Waals surface area contributed by atoms with E-state index in [1.165, 1.54) is 12.1 Å². The molecule has 2 aliphatic rings. The first-order valence-corrected chi connectivity index (χ1v) is 8.31. The van der Waals surface area contributed by atoms with E-state index in [1.54, 1.807) is 0 Å². The number of aryl methyl sites for hydroxylation is 1. The van der Waals surface area contributed by atoms with Gasteiger partial charge in [0.1, 0.15) is 5.75 Å². The highest BCUT2D eigenvalue weighted by atomic mass is 32.2. The lowest BCUT2D eigenvalue weighted by atomic mass is 9.83. The lowest BCUT2D eigenvalue weighted by molar-refractivity contribution is -0.177. The number of rotatable bonds is 1. The number of nitrogens with zero attached hydrogens (tertiary/aromatic N) is 1. The molecule has 1 heterocycles. The Morgan fingerprint density at radius 3 is 2.59 bits per heavy atom. The number of nitrogens with one attached hydrogen (secondary N) is 1. The fourth-order valence-electron chi connectivity index (χ4n) is 2.99. The molecule has 0 radical (unpaired) electrons. The van der Waals surface area contributed by atoms with Crippen molar-refractivity contribution in [3.8, 4) is 5.75 Å². The molecular formula is C13H15F3N2O3S. The number of alkyl halides is 3. The molecule has 0 bridgehead atoms. The Balaban J connectivity index is 1.99. The molecule has 1 aliphatic carbocycles. The number of benzene rings is 1. The van der Waals surface area contributed by atoms with Crippen molar-refractivity contribution in [2.24, 2.45) is 5.92 Å². The number of halogens is 3. The molecule has 1 aromatic carbocycles. The van der Waals surface area contributed by atoms with Crippen LogP contribution in [0.25, 0.3) is 0 Å². The summed E-state index contributed by atoms with van der Waals surface area (Å²) >= 11 is 0. The summed E-state index contributed by atoms with van der Waals surface area (Å²) in [7, 11) is -3.73. The van der Waals surface area contributed by atoms with Crippen LogP contribution in [0.4, 0.5) is 18.9 Å². The molecule has 122 valence electrons. The van der Waals surface area contributed by atoms with Crippen molar-refractivity contribution in [3.05, 3.63) is 23.3 Å². The van der Waals surface area contributed by atoms with Crippen molar-refractivity contribution in [3.63, 3.8) is 0 Å². The van der Waals surface area contributed by atoms with Crippen LogP contribution in [0, 0.1) is 5.92 Å². The molecule has 22 heavy (non-hydrogen) atoms. The number of hydrogen-bond donors (Lipinski definition) is 2. The molecule has 0 amide bonds. The Morgan fingerprint density at radius 2 is 2.00 bits per heavy atom. The normalized spacial score (nSPS) is 24.3. The predicted molar refractivity (Wildman–Crippen MR) is 73.9 cm³/mol. The van der Waals surface area contributed by atoms with Gasteiger partial charge in [-0.3, -0.25) is 4.31 Å². The number of anilines is 1. The van der Waals surface area contributed by atoms with E-state index in [-0.39, 0.29) is 43.8 Å². The van der Waals surface area contributed by atoms with Gasteiger partial charge in [0, 0.05) is 13.1 Å². The molecular weight excluding hydrogens is 321 g/mol. The van der Waals surface area contributed by atoms with E-state index in [2.05, 4.69) is 4.72 Å². The quantitative estimate of drug-likeness (QED) is 0.820. The van der Waals surface area contributed by atoms with Crippen LogP contribution in [0.5, 0.6) is 5.75 Å². The number of phenolic OH excluding ortho intramolecular Hbond substituents is 1. The third-order valence-corrected chi connectivity index (χ3v) is 5.67. The monoisotopic (exact) mass is 336 g/mol. The number of phenols is 1. The van der Waals surface area contributed by atoms with Gasteiger partial charge in [-0.2, -0.15) is 26.3 Å². The Morgan fingerprint density at radius 1 is 1.27 bits per heavy atom. The van der Waals surface area contributed by atoms with Gasteiger partial charge in [0.25, 0.3) is 0 Å². The average Bonchev–Trinajstić information content (AvgIpc) is 2.76. The fourth-order valence-corrected chi connectivity index (χ4v) is 4.23. The van der Waals surface area contributed by atoms with Crippen LogP contribution in [0.3, 0.4) is 0 Å². The third kappa shape index (κ3) is 2.63. The average molecular weight is 336 g/mol. The van der Waals surface area contributed by atoms with Crippen LogP contribution >= 0.6 is 0 Å². The van der Waals surface area contributed by atoms with Gasteiger partial charge in [-0.15, -0.1) is 0 Å². The zero-order valence-electron chi connectivity index (χ0n) is 11.5. The van der Waals surface area contributed by atoms with Crippen LogP contribution in [0.15, 0.2) is 12.1 Å². The van der Waals surface area contributed by atoms with Gasteiger partial charge < -0.3 is 5.11 Å². The lowest BCUT2D eigenvalue weighted by Gasteiger charge is -2.28. The molecule has 0 aromatic heterocycles. The minimum absolute atomic E-state index is 0.0150. The summed E-state index contributed by atoms with van der Waals surface area (Å²) in [4.78, 5) is 0. The second kappa shape index (κ2) is 5.02. The van der Waals surface area contributed by atoms with E-state index < -0.39 is 22.3 Å². The first kappa shape index (κ1) is 15.4. The third-order valence-electron chi connectivity index (χ3n) is 4.15. The molecule has 1 aliphatic heterocycles. The van der Waals surface area contributed by atoms with E-state index >= 15 is 0 Å². The summed E-state index contributed by atoms with van der Waals surface area (Å²) < 4.78 is 65.6. The van der Waals surface area contributed by atoms with Crippen molar-refractivity contribution in [2.45, 2.75) is 25.4 Å². The summed E-state index contributed by atoms with van der Waals surface area (Å²) in [6, 6.07) is 2.75. The smallest absolute Gasteiger partial charge is 0.392 e. The van der Waals surface area contributed by atoms with Crippen LogP contribution in [0.1, 0.15) is 17.5 Å². The minimum Gasteiger partial charge on any atom is -0.506 e. The van der Waals surface area contributed by atoms with E-state index in [1.807, 2.05) is 0 Å². The van der Waals surface area contributed by atoms with Crippen molar-refractivity contribution in [2.75, 3.05) is 17.4 Å². The maximum absolute atomic E-state index is 12.9. The van der Waals surface area contributed by atoms with Crippen molar-refractivity contribution < 1.29 is 26.7 Å². The van der Waals surface area contributed by atoms with Gasteiger partial charge in [0.15, 0.2) is 0 Å². The topological polar surface area (TPSA) is 69.6 Å². The first-order chi connectivity index (χ1) is 10.2. The van der Waals surface area contributed by atoms with Gasteiger partial charge >= 0.3 is 16.4 Å². The maximum atomic E-state index is 12.9. The zero-order valence-corrected chi connectivity index (χ0v) is 12.3. The molecule has 1 atom stereocenters. The largest absolute Gasteiger partial charge is 0.506 e. The summed E-state index contributed by atoms with van der Waals surface area (Å²) in [5.74, 6) is -1.65. The van der Waals surface area contributed by atoms with E-state index in [9.17, 15) is 26.7 Å². The predicted octanol–water partition coefficient (Wildman–Crippen LogP) is 1.71. The van der Waals surface area contributed by atoms with Crippen molar-refractivity contribution in [1.29, 1.82) is 0 Å². The summed E-state index contributed by atoms with van der Waals surface area (Å²) in [6.45, 7) is 0.335. The van der Waals surface area contributed by atoms with Crippen LogP contribution in [0.2, 0.25) is 0 Å². The van der Waals surface area contributed by atoms with E-state index in [0.717, 1.165) is 4.31 Å². The maximum Gasteiger partial charge on any atom is 0.392 e. The lowest BCUT2D eigenvalue weighted by Crippen LogP contribution is -2.31. The second-order valence-electron chi connectivity index (χ2n) is 5.56. The van der Waals surface area contributed by atoms with Gasteiger partial charge in [0.05, 0.1) is 11.6 Å². The Bertz CT molecular complexity index is 703. The molecule has 0 saturated carbocycles. The Kier molecular flexibility index (Phi) is 3.52. The standard InChI is InChI=1S/C13H15F3N2O3S/c14-13(15,16)10-2-1-8-7-12(19)11(6-9(8)5-10)18-4-3-17-22(18,20)21/h6-7,10,17,19H,1-5H2. The fraction of sp³-hybridized carbons (Fsp3) is 0.538. The molecule has 1 unspecified atom stereocenters. The highest BCUT2D eigenvalue weighted by molar-refractivity contribution is 7.91. The van der Waals surface area contributed by atoms with Gasteiger partial charge in [-0.1, -0.05) is 0 Å². The van der Waals surface area contributed by atoms with Crippen LogP contribution in [-0.4, -0.2) is 32.8 Å². The van der Waals surface area contributed by atoms with E-state index in [0.29, 0.717) is 11.1 Å². The molecule has 3 rings (SSSR count). The highest BCUT2D eigenvalue weighted by Gasteiger charge is 2.41. The minimum atomic E-state index is -4.27. The van der Waals surface area contributed by atoms with Gasteiger partial charge in [0.2, 0.25) is 0 Å². The van der Waals surface area contributed by atoms with E-state index in [4.69, 9.17) is 0 Å². The molecule has 1 saturated heterocycles. The summed E-state index contributed by atoms with van der Waals surface area (Å²) in [5.41, 5.74) is 1.13. The molecule has 5 nitrogen and oxygen atoms in total. The molecule has 1 fully saturated rings. The number of fused-ring (bicyclic) bond motifs is 1. The summed E-state index contributed by atoms with van der Waals surface area (Å²) in [6.07, 6.45) is -4.25. The Labute approximate surface area is 125 Å². The van der Waals surface area contributed by atoms with Crippen LogP contribution < -0.4 is 9.03 Å². The zero-order chi connectivity index (χ0) is 16.1. The van der Waals surface area contributed by atoms with Gasteiger partial charge in [-0.05, 0) is 42.5 Å². The van der Waals surface area contributed by atoms with Gasteiger partial charge in [-0.25, -0.2) is 0 Å². The molecule has 2 N–H and O–H groups in total. The van der Waals surface area contributed by atoms with Crippen molar-refractivity contribution in [1.82, 2.24) is 4.72 Å². The summed E-state index contributed by atoms with van der Waals surface area (Å²) in [5, 5.41) is 10.0. The Hall–Kier alpha value is -1.48. The molecule has 9 heteroatoms. The first-order valence-electron chi connectivity index (χ1n) is 6.87. The number of aromatic hydroxyl groups is 1.